The van der Waals surface area contributed by atoms with Gasteiger partial charge >= 0.3 is 0 Å². The maximum Gasteiger partial charge on any atom is 0.116 e. The Hall–Kier alpha value is 0.127. The molecule has 0 unspecified atom stereocenters. The van der Waals surface area contributed by atoms with E-state index in [1.165, 1.54) is 5.19 Å². The molecule has 0 bridgehead atoms. The van der Waals surface area contributed by atoms with E-state index in [2.05, 4.69) is 66.0 Å². The van der Waals surface area contributed by atoms with Gasteiger partial charge in [-0.2, -0.15) is 0 Å². The van der Waals surface area contributed by atoms with Crippen molar-refractivity contribution < 1.29 is 4.74 Å². The Bertz CT molecular complexity index is 312. The molecular formula is C11H15IOSi. The molecule has 0 amide bonds. The van der Waals surface area contributed by atoms with Gasteiger partial charge in [-0.05, 0) is 0 Å². The van der Waals surface area contributed by atoms with Gasteiger partial charge in [-0.25, -0.2) is 0 Å². The highest BCUT2D eigenvalue weighted by Crippen LogP contribution is 2.32. The average Bonchev–Trinajstić information content (AvgIpc) is 2.98. The summed E-state index contributed by atoms with van der Waals surface area (Å²) in [5, 5.41) is 1.51. The highest BCUT2D eigenvalue weighted by molar-refractivity contribution is 14.1. The summed E-state index contributed by atoms with van der Waals surface area (Å²) in [5.41, 5.74) is 0.543. The van der Waals surface area contributed by atoms with Crippen molar-refractivity contribution >= 4 is 35.9 Å². The summed E-state index contributed by atoms with van der Waals surface area (Å²) >= 11 is 2.41. The van der Waals surface area contributed by atoms with E-state index in [0.717, 1.165) is 4.43 Å². The smallest absolute Gasteiger partial charge is 0.116 e. The zero-order valence-corrected chi connectivity index (χ0v) is 11.7. The number of ether oxygens (including phenoxy) is 1. The van der Waals surface area contributed by atoms with Gasteiger partial charge in [0.05, 0.1) is 11.8 Å². The van der Waals surface area contributed by atoms with E-state index in [9.17, 15) is 0 Å². The standard InChI is InChI=1S/C11H15IOSi/c1-14(2,11-10(8-12)13-11)9-6-4-3-5-7-9/h3-7,10-11H,8H2,1-2H3/t10-,11-/m0/s1. The largest absolute Gasteiger partial charge is 0.372 e. The molecule has 76 valence electrons. The highest BCUT2D eigenvalue weighted by Gasteiger charge is 2.50. The second kappa shape index (κ2) is 3.94. The van der Waals surface area contributed by atoms with Crippen LogP contribution in [0.1, 0.15) is 0 Å². The lowest BCUT2D eigenvalue weighted by Crippen LogP contribution is -2.48. The lowest BCUT2D eigenvalue weighted by atomic mass is 10.4. The molecule has 1 saturated heterocycles. The first kappa shape index (κ1) is 10.6. The third-order valence-electron chi connectivity index (χ3n) is 2.96. The van der Waals surface area contributed by atoms with Crippen LogP contribution in [0, 0.1) is 0 Å². The van der Waals surface area contributed by atoms with E-state index in [1.54, 1.807) is 0 Å². The molecule has 0 saturated carbocycles. The van der Waals surface area contributed by atoms with Crippen LogP contribution in [0.15, 0.2) is 30.3 Å². The van der Waals surface area contributed by atoms with Gasteiger partial charge in [0.25, 0.3) is 0 Å². The molecule has 1 aromatic rings. The van der Waals surface area contributed by atoms with E-state index in [1.807, 2.05) is 0 Å². The maximum absolute atomic E-state index is 5.74. The van der Waals surface area contributed by atoms with Crippen LogP contribution in [0.2, 0.25) is 13.1 Å². The van der Waals surface area contributed by atoms with E-state index < -0.39 is 8.07 Å². The minimum Gasteiger partial charge on any atom is -0.372 e. The van der Waals surface area contributed by atoms with Crippen LogP contribution in [0.5, 0.6) is 0 Å². The van der Waals surface area contributed by atoms with Crippen molar-refractivity contribution in [2.45, 2.75) is 24.9 Å². The predicted molar refractivity (Wildman–Crippen MR) is 71.1 cm³/mol. The second-order valence-electron chi connectivity index (χ2n) is 4.34. The fraction of sp³-hybridized carbons (Fsp3) is 0.455. The molecule has 2 atom stereocenters. The van der Waals surface area contributed by atoms with Crippen molar-refractivity contribution in [3.05, 3.63) is 30.3 Å². The monoisotopic (exact) mass is 318 g/mol. The first-order valence-corrected chi connectivity index (χ1v) is 9.53. The van der Waals surface area contributed by atoms with Gasteiger partial charge in [0.1, 0.15) is 8.07 Å². The molecule has 3 heteroatoms. The van der Waals surface area contributed by atoms with E-state index in [-0.39, 0.29) is 0 Å². The maximum atomic E-state index is 5.74. The van der Waals surface area contributed by atoms with Crippen molar-refractivity contribution in [1.29, 1.82) is 0 Å². The Balaban J connectivity index is 2.17. The van der Waals surface area contributed by atoms with Crippen LogP contribution in [0.25, 0.3) is 0 Å². The summed E-state index contributed by atoms with van der Waals surface area (Å²) in [6, 6.07) is 10.8. The zero-order valence-electron chi connectivity index (χ0n) is 8.53. The van der Waals surface area contributed by atoms with Crippen LogP contribution < -0.4 is 5.19 Å². The van der Waals surface area contributed by atoms with Crippen molar-refractivity contribution in [2.75, 3.05) is 4.43 Å². The van der Waals surface area contributed by atoms with Crippen LogP contribution in [0.4, 0.5) is 0 Å². The zero-order chi connectivity index (χ0) is 10.2. The topological polar surface area (TPSA) is 12.5 Å². The third-order valence-corrected chi connectivity index (χ3v) is 7.58. The predicted octanol–water partition coefficient (Wildman–Crippen LogP) is 2.34. The van der Waals surface area contributed by atoms with Crippen molar-refractivity contribution in [3.8, 4) is 0 Å². The van der Waals surface area contributed by atoms with Crippen molar-refractivity contribution in [2.24, 2.45) is 0 Å². The Morgan fingerprint density at radius 1 is 1.29 bits per heavy atom. The fourth-order valence-corrected chi connectivity index (χ4v) is 6.02. The van der Waals surface area contributed by atoms with Gasteiger partial charge in [-0.1, -0.05) is 71.2 Å². The summed E-state index contributed by atoms with van der Waals surface area (Å²) in [6.07, 6.45) is 0.525. The van der Waals surface area contributed by atoms with Gasteiger partial charge in [-0.3, -0.25) is 0 Å². The Kier molecular flexibility index (Phi) is 3.00. The van der Waals surface area contributed by atoms with Gasteiger partial charge in [-0.15, -0.1) is 0 Å². The fourth-order valence-electron chi connectivity index (χ4n) is 1.93. The average molecular weight is 318 g/mol. The molecule has 1 nitrogen and oxygen atoms in total. The molecule has 0 N–H and O–H groups in total. The molecule has 0 aromatic heterocycles. The number of epoxide rings is 1. The lowest BCUT2D eigenvalue weighted by Gasteiger charge is -2.20. The molecule has 1 fully saturated rings. The highest BCUT2D eigenvalue weighted by atomic mass is 127. The van der Waals surface area contributed by atoms with Gasteiger partial charge < -0.3 is 4.74 Å². The molecule has 0 aliphatic carbocycles. The lowest BCUT2D eigenvalue weighted by molar-refractivity contribution is 0.411. The summed E-state index contributed by atoms with van der Waals surface area (Å²) in [4.78, 5) is 0. The Labute approximate surface area is 100 Å². The molecule has 2 rings (SSSR count). The minimum atomic E-state index is -1.36. The number of halogens is 1. The molecule has 1 aliphatic heterocycles. The normalized spacial score (nSPS) is 26.2. The second-order valence-corrected chi connectivity index (χ2v) is 9.81. The summed E-state index contributed by atoms with van der Waals surface area (Å²) < 4.78 is 6.87. The first-order chi connectivity index (χ1) is 6.66. The number of hydrogen-bond donors (Lipinski definition) is 0. The van der Waals surface area contributed by atoms with Crippen LogP contribution in [0.3, 0.4) is 0 Å². The molecule has 1 aromatic carbocycles. The number of hydrogen-bond acceptors (Lipinski definition) is 1. The number of alkyl halides is 1. The quantitative estimate of drug-likeness (QED) is 0.361. The first-order valence-electron chi connectivity index (χ1n) is 4.93. The van der Waals surface area contributed by atoms with Crippen LogP contribution in [-0.4, -0.2) is 24.3 Å². The number of benzene rings is 1. The Morgan fingerprint density at radius 3 is 2.43 bits per heavy atom. The third kappa shape index (κ3) is 1.90. The summed E-state index contributed by atoms with van der Waals surface area (Å²) in [7, 11) is -1.36. The Morgan fingerprint density at radius 2 is 1.93 bits per heavy atom. The van der Waals surface area contributed by atoms with Crippen molar-refractivity contribution in [1.82, 2.24) is 0 Å². The van der Waals surface area contributed by atoms with Crippen LogP contribution >= 0.6 is 22.6 Å². The molecule has 14 heavy (non-hydrogen) atoms. The van der Waals surface area contributed by atoms with Crippen LogP contribution in [-0.2, 0) is 4.74 Å². The molecule has 1 heterocycles. The SMILES string of the molecule is C[Si](C)(c1ccccc1)[C@@H]1O[C@H]1CI. The summed E-state index contributed by atoms with van der Waals surface area (Å²) in [5.74, 6) is 0. The molecule has 1 aliphatic rings. The van der Waals surface area contributed by atoms with Gasteiger partial charge in [0, 0.05) is 4.43 Å². The molecule has 0 radical (unpaired) electrons. The van der Waals surface area contributed by atoms with Gasteiger partial charge in [0.15, 0.2) is 0 Å². The van der Waals surface area contributed by atoms with Gasteiger partial charge in [0.2, 0.25) is 0 Å². The molecule has 0 spiro atoms. The number of rotatable bonds is 3. The van der Waals surface area contributed by atoms with Crippen molar-refractivity contribution in [3.63, 3.8) is 0 Å². The van der Waals surface area contributed by atoms with E-state index in [4.69, 9.17) is 4.74 Å². The van der Waals surface area contributed by atoms with E-state index in [0.29, 0.717) is 11.8 Å². The van der Waals surface area contributed by atoms with E-state index >= 15 is 0 Å². The molecular weight excluding hydrogens is 303 g/mol. The minimum absolute atomic E-state index is 0.525. The summed E-state index contributed by atoms with van der Waals surface area (Å²) in [6.45, 7) is 4.80.